The number of carbonyl (C=O) groups excluding carboxylic acids is 1. The molecule has 1 aromatic carbocycles. The van der Waals surface area contributed by atoms with Gasteiger partial charge in [0.1, 0.15) is 0 Å². The molecule has 1 aromatic heterocycles. The molecule has 0 aliphatic carbocycles. The molecule has 1 amide bonds. The average molecular weight is 347 g/mol. The van der Waals surface area contributed by atoms with Crippen molar-refractivity contribution in [1.82, 2.24) is 9.97 Å². The minimum Gasteiger partial charge on any atom is -0.467 e. The van der Waals surface area contributed by atoms with E-state index in [1.54, 1.807) is 13.8 Å². The second-order valence-electron chi connectivity index (χ2n) is 4.96. The topological polar surface area (TPSA) is 150 Å². The molecular formula is C14H13N5O6. The lowest BCUT2D eigenvalue weighted by Crippen LogP contribution is -2.16. The van der Waals surface area contributed by atoms with Crippen LogP contribution in [-0.4, -0.2) is 32.8 Å². The minimum absolute atomic E-state index is 0.124. The largest absolute Gasteiger partial charge is 0.467 e. The number of benzene rings is 1. The fourth-order valence-corrected chi connectivity index (χ4v) is 2.08. The van der Waals surface area contributed by atoms with Gasteiger partial charge in [0, 0.05) is 12.1 Å². The zero-order chi connectivity index (χ0) is 18.7. The summed E-state index contributed by atoms with van der Waals surface area (Å²) in [5, 5.41) is 24.3. The van der Waals surface area contributed by atoms with E-state index < -0.39 is 27.1 Å². The smallest absolute Gasteiger partial charge is 0.316 e. The zero-order valence-corrected chi connectivity index (χ0v) is 13.5. The van der Waals surface area contributed by atoms with Gasteiger partial charge in [-0.15, -0.1) is 0 Å². The summed E-state index contributed by atoms with van der Waals surface area (Å²) < 4.78 is 4.92. The highest BCUT2D eigenvalue weighted by molar-refractivity contribution is 6.05. The Labute approximate surface area is 141 Å². The molecule has 0 aliphatic heterocycles. The number of carbonyl (C=O) groups is 1. The number of methoxy groups -OCH3 is 1. The first kappa shape index (κ1) is 17.7. The van der Waals surface area contributed by atoms with Crippen LogP contribution < -0.4 is 10.1 Å². The van der Waals surface area contributed by atoms with Gasteiger partial charge in [-0.1, -0.05) is 0 Å². The van der Waals surface area contributed by atoms with Crippen LogP contribution in [0.2, 0.25) is 0 Å². The Bertz CT molecular complexity index is 827. The van der Waals surface area contributed by atoms with E-state index in [0.717, 1.165) is 18.2 Å². The van der Waals surface area contributed by atoms with E-state index in [9.17, 15) is 25.0 Å². The number of hydrogen-bond donors (Lipinski definition) is 1. The number of aryl methyl sites for hydroxylation is 2. The van der Waals surface area contributed by atoms with Gasteiger partial charge in [0.25, 0.3) is 17.3 Å². The fraction of sp³-hybridized carbons (Fsp3) is 0.214. The molecule has 11 heteroatoms. The summed E-state index contributed by atoms with van der Waals surface area (Å²) in [5.41, 5.74) is -0.219. The Morgan fingerprint density at radius 2 is 1.52 bits per heavy atom. The molecule has 25 heavy (non-hydrogen) atoms. The molecular weight excluding hydrogens is 334 g/mol. The Balaban J connectivity index is 2.42. The lowest BCUT2D eigenvalue weighted by atomic mass is 10.1. The monoisotopic (exact) mass is 347 g/mol. The van der Waals surface area contributed by atoms with Crippen LogP contribution in [0.4, 0.5) is 17.1 Å². The fourth-order valence-electron chi connectivity index (χ4n) is 2.08. The lowest BCUT2D eigenvalue weighted by molar-refractivity contribution is -0.394. The van der Waals surface area contributed by atoms with Crippen LogP contribution in [0.5, 0.6) is 6.01 Å². The Hall–Kier alpha value is -3.63. The van der Waals surface area contributed by atoms with Crippen molar-refractivity contribution in [1.29, 1.82) is 0 Å². The summed E-state index contributed by atoms with van der Waals surface area (Å²) in [6.07, 6.45) is 0. The molecule has 0 atom stereocenters. The lowest BCUT2D eigenvalue weighted by Gasteiger charge is -2.11. The molecule has 0 fully saturated rings. The van der Waals surface area contributed by atoms with Crippen LogP contribution in [0.15, 0.2) is 18.2 Å². The maximum atomic E-state index is 12.4. The maximum Gasteiger partial charge on any atom is 0.316 e. The highest BCUT2D eigenvalue weighted by atomic mass is 16.6. The SMILES string of the molecule is COc1nc(C)c(NC(=O)c2cc([N+](=O)[O-])cc([N+](=O)[O-])c2)c(C)n1. The van der Waals surface area contributed by atoms with Gasteiger partial charge in [-0.2, -0.15) is 9.97 Å². The predicted molar refractivity (Wildman–Crippen MR) is 85.8 cm³/mol. The van der Waals surface area contributed by atoms with E-state index in [4.69, 9.17) is 4.74 Å². The Morgan fingerprint density at radius 1 is 1.04 bits per heavy atom. The van der Waals surface area contributed by atoms with Gasteiger partial charge in [-0.3, -0.25) is 25.0 Å². The molecule has 0 unspecified atom stereocenters. The molecule has 130 valence electrons. The molecule has 0 bridgehead atoms. The first-order valence-corrected chi connectivity index (χ1v) is 6.87. The van der Waals surface area contributed by atoms with Gasteiger partial charge < -0.3 is 10.1 Å². The van der Waals surface area contributed by atoms with E-state index in [1.807, 2.05) is 0 Å². The third-order valence-corrected chi connectivity index (χ3v) is 3.26. The van der Waals surface area contributed by atoms with Crippen molar-refractivity contribution in [2.45, 2.75) is 13.8 Å². The standard InChI is InChI=1S/C14H13N5O6/c1-7-12(8(2)16-14(15-7)25-3)17-13(20)9-4-10(18(21)22)6-11(5-9)19(23)24/h4-6H,1-3H3,(H,17,20). The van der Waals surface area contributed by atoms with Crippen molar-refractivity contribution in [2.75, 3.05) is 12.4 Å². The van der Waals surface area contributed by atoms with E-state index in [2.05, 4.69) is 15.3 Å². The van der Waals surface area contributed by atoms with Crippen LogP contribution >= 0.6 is 0 Å². The number of anilines is 1. The zero-order valence-electron chi connectivity index (χ0n) is 13.5. The van der Waals surface area contributed by atoms with Crippen LogP contribution in [0.25, 0.3) is 0 Å². The number of ether oxygens (including phenoxy) is 1. The first-order valence-electron chi connectivity index (χ1n) is 6.87. The van der Waals surface area contributed by atoms with Crippen molar-refractivity contribution in [2.24, 2.45) is 0 Å². The summed E-state index contributed by atoms with van der Waals surface area (Å²) in [6, 6.07) is 2.82. The Morgan fingerprint density at radius 3 is 1.92 bits per heavy atom. The van der Waals surface area contributed by atoms with Crippen molar-refractivity contribution in [3.05, 3.63) is 55.4 Å². The average Bonchev–Trinajstić information content (AvgIpc) is 2.57. The molecule has 2 rings (SSSR count). The Kier molecular flexibility index (Phi) is 4.86. The number of amides is 1. The van der Waals surface area contributed by atoms with Crippen molar-refractivity contribution in [3.8, 4) is 6.01 Å². The third kappa shape index (κ3) is 3.83. The number of nitro groups is 2. The second kappa shape index (κ2) is 6.86. The van der Waals surface area contributed by atoms with Crippen LogP contribution in [0, 0.1) is 34.1 Å². The van der Waals surface area contributed by atoms with Gasteiger partial charge in [-0.05, 0) is 13.8 Å². The van der Waals surface area contributed by atoms with E-state index in [1.165, 1.54) is 7.11 Å². The number of hydrogen-bond acceptors (Lipinski definition) is 8. The number of aromatic nitrogens is 2. The molecule has 0 radical (unpaired) electrons. The molecule has 11 nitrogen and oxygen atoms in total. The van der Waals surface area contributed by atoms with Crippen molar-refractivity contribution >= 4 is 23.0 Å². The quantitative estimate of drug-likeness (QED) is 0.638. The van der Waals surface area contributed by atoms with Crippen molar-refractivity contribution < 1.29 is 19.4 Å². The van der Waals surface area contributed by atoms with Gasteiger partial charge in [0.15, 0.2) is 0 Å². The van der Waals surface area contributed by atoms with Crippen LogP contribution in [0.1, 0.15) is 21.7 Å². The number of non-ortho nitro benzene ring substituents is 2. The van der Waals surface area contributed by atoms with Crippen LogP contribution in [0.3, 0.4) is 0 Å². The first-order chi connectivity index (χ1) is 11.7. The van der Waals surface area contributed by atoms with E-state index in [0.29, 0.717) is 17.1 Å². The summed E-state index contributed by atoms with van der Waals surface area (Å²) in [7, 11) is 1.40. The summed E-state index contributed by atoms with van der Waals surface area (Å²) >= 11 is 0. The van der Waals surface area contributed by atoms with Gasteiger partial charge in [0.2, 0.25) is 0 Å². The van der Waals surface area contributed by atoms with Gasteiger partial charge in [0.05, 0.1) is 45.7 Å². The van der Waals surface area contributed by atoms with Crippen LogP contribution in [-0.2, 0) is 0 Å². The number of rotatable bonds is 5. The summed E-state index contributed by atoms with van der Waals surface area (Å²) in [5.74, 6) is -0.758. The number of nitrogens with one attached hydrogen (secondary N) is 1. The van der Waals surface area contributed by atoms with Crippen molar-refractivity contribution in [3.63, 3.8) is 0 Å². The molecule has 0 saturated carbocycles. The van der Waals surface area contributed by atoms with Gasteiger partial charge >= 0.3 is 6.01 Å². The predicted octanol–water partition coefficient (Wildman–Crippen LogP) is 2.17. The van der Waals surface area contributed by atoms with E-state index >= 15 is 0 Å². The minimum atomic E-state index is -0.809. The second-order valence-corrected chi connectivity index (χ2v) is 4.96. The summed E-state index contributed by atoms with van der Waals surface area (Å²) in [4.78, 5) is 40.6. The highest BCUT2D eigenvalue weighted by Crippen LogP contribution is 2.25. The molecule has 0 spiro atoms. The molecule has 0 aliphatic rings. The molecule has 1 N–H and O–H groups in total. The number of nitro benzene ring substituents is 2. The van der Waals surface area contributed by atoms with Gasteiger partial charge in [-0.25, -0.2) is 0 Å². The summed E-state index contributed by atoms with van der Waals surface area (Å²) in [6.45, 7) is 3.23. The molecule has 1 heterocycles. The molecule has 2 aromatic rings. The highest BCUT2D eigenvalue weighted by Gasteiger charge is 2.21. The van der Waals surface area contributed by atoms with E-state index in [-0.39, 0.29) is 11.6 Å². The normalized spacial score (nSPS) is 10.2. The number of nitrogens with zero attached hydrogens (tertiary/aromatic N) is 4. The third-order valence-electron chi connectivity index (χ3n) is 3.26. The maximum absolute atomic E-state index is 12.4. The molecule has 0 saturated heterocycles.